The minimum Gasteiger partial charge on any atom is -0.496 e. The second kappa shape index (κ2) is 9.36. The van der Waals surface area contributed by atoms with E-state index >= 15 is 0 Å². The molecule has 0 bridgehead atoms. The Bertz CT molecular complexity index is 841. The largest absolute Gasteiger partial charge is 0.496 e. The van der Waals surface area contributed by atoms with E-state index in [1.54, 1.807) is 7.11 Å². The lowest BCUT2D eigenvalue weighted by atomic mass is 10.0. The number of methoxy groups -OCH3 is 1. The first-order chi connectivity index (χ1) is 13.2. The number of nitrogens with one attached hydrogen (secondary N) is 1. The van der Waals surface area contributed by atoms with Crippen LogP contribution in [-0.4, -0.2) is 18.8 Å². The zero-order chi connectivity index (χ0) is 19.1. The third kappa shape index (κ3) is 4.97. The van der Waals surface area contributed by atoms with Crippen molar-refractivity contribution in [1.29, 1.82) is 0 Å². The maximum Gasteiger partial charge on any atom is 0.126 e. The van der Waals surface area contributed by atoms with Gasteiger partial charge in [-0.05, 0) is 48.2 Å². The molecular weight excluding hydrogens is 334 g/mol. The molecule has 0 saturated heterocycles. The highest BCUT2D eigenvalue weighted by Crippen LogP contribution is 2.30. The van der Waals surface area contributed by atoms with E-state index in [2.05, 4.69) is 54.7 Å². The number of hydrogen-bond acceptors (Lipinski definition) is 3. The molecule has 140 valence electrons. The summed E-state index contributed by atoms with van der Waals surface area (Å²) in [6, 6.07) is 25.2. The third-order valence-electron chi connectivity index (χ3n) is 4.90. The maximum atomic E-state index is 9.11. The Morgan fingerprint density at radius 3 is 2.22 bits per heavy atom. The van der Waals surface area contributed by atoms with Crippen LogP contribution in [0, 0.1) is 0 Å². The van der Waals surface area contributed by atoms with Gasteiger partial charge in [0.15, 0.2) is 0 Å². The maximum absolute atomic E-state index is 9.11. The number of para-hydroxylation sites is 1. The third-order valence-corrected chi connectivity index (χ3v) is 4.90. The molecule has 3 heteroatoms. The fourth-order valence-electron chi connectivity index (χ4n) is 3.20. The summed E-state index contributed by atoms with van der Waals surface area (Å²) in [5, 5.41) is 12.7. The van der Waals surface area contributed by atoms with Crippen LogP contribution in [0.1, 0.15) is 29.7 Å². The SMILES string of the molecule is COc1ccccc1-c1ccc(C(C)NCCc2ccc(CO)cc2)cc1. The summed E-state index contributed by atoms with van der Waals surface area (Å²) in [5.41, 5.74) is 5.77. The van der Waals surface area contributed by atoms with Crippen molar-refractivity contribution in [3.05, 3.63) is 89.5 Å². The van der Waals surface area contributed by atoms with Crippen molar-refractivity contribution in [3.63, 3.8) is 0 Å². The van der Waals surface area contributed by atoms with Gasteiger partial charge in [0.1, 0.15) is 5.75 Å². The van der Waals surface area contributed by atoms with Crippen LogP contribution >= 0.6 is 0 Å². The second-order valence-electron chi connectivity index (χ2n) is 6.72. The van der Waals surface area contributed by atoms with E-state index in [1.807, 2.05) is 30.3 Å². The lowest BCUT2D eigenvalue weighted by Gasteiger charge is -2.15. The highest BCUT2D eigenvalue weighted by Gasteiger charge is 2.08. The summed E-state index contributed by atoms with van der Waals surface area (Å²) in [6.07, 6.45) is 0.968. The average Bonchev–Trinajstić information content (AvgIpc) is 2.74. The van der Waals surface area contributed by atoms with Crippen molar-refractivity contribution in [1.82, 2.24) is 5.32 Å². The lowest BCUT2D eigenvalue weighted by molar-refractivity contribution is 0.282. The Labute approximate surface area is 161 Å². The van der Waals surface area contributed by atoms with Gasteiger partial charge in [-0.1, -0.05) is 66.7 Å². The summed E-state index contributed by atoms with van der Waals surface area (Å²) in [5.74, 6) is 0.892. The number of aliphatic hydroxyl groups is 1. The van der Waals surface area contributed by atoms with Crippen LogP contribution in [0.4, 0.5) is 0 Å². The first-order valence-electron chi connectivity index (χ1n) is 9.36. The van der Waals surface area contributed by atoms with E-state index < -0.39 is 0 Å². The van der Waals surface area contributed by atoms with E-state index in [0.717, 1.165) is 35.4 Å². The molecule has 1 atom stereocenters. The summed E-state index contributed by atoms with van der Waals surface area (Å²) in [4.78, 5) is 0. The molecule has 0 saturated carbocycles. The molecule has 3 nitrogen and oxygen atoms in total. The molecule has 1 unspecified atom stereocenters. The molecule has 0 aromatic heterocycles. The van der Waals surface area contributed by atoms with Crippen molar-refractivity contribution in [3.8, 4) is 16.9 Å². The topological polar surface area (TPSA) is 41.5 Å². The summed E-state index contributed by atoms with van der Waals surface area (Å²) < 4.78 is 5.46. The number of benzene rings is 3. The lowest BCUT2D eigenvalue weighted by Crippen LogP contribution is -2.21. The second-order valence-corrected chi connectivity index (χ2v) is 6.72. The van der Waals surface area contributed by atoms with Gasteiger partial charge in [0.2, 0.25) is 0 Å². The van der Waals surface area contributed by atoms with Crippen molar-refractivity contribution < 1.29 is 9.84 Å². The Hall–Kier alpha value is -2.62. The zero-order valence-electron chi connectivity index (χ0n) is 16.0. The highest BCUT2D eigenvalue weighted by atomic mass is 16.5. The Morgan fingerprint density at radius 1 is 0.889 bits per heavy atom. The molecule has 0 spiro atoms. The van der Waals surface area contributed by atoms with Crippen molar-refractivity contribution >= 4 is 0 Å². The zero-order valence-corrected chi connectivity index (χ0v) is 16.0. The first kappa shape index (κ1) is 19.2. The van der Waals surface area contributed by atoms with Crippen LogP contribution < -0.4 is 10.1 Å². The van der Waals surface area contributed by atoms with Crippen molar-refractivity contribution in [2.45, 2.75) is 26.0 Å². The fraction of sp³-hybridized carbons (Fsp3) is 0.250. The summed E-state index contributed by atoms with van der Waals surface area (Å²) in [6.45, 7) is 3.20. The van der Waals surface area contributed by atoms with Gasteiger partial charge in [0.25, 0.3) is 0 Å². The quantitative estimate of drug-likeness (QED) is 0.608. The first-order valence-corrected chi connectivity index (χ1v) is 9.36. The number of ether oxygens (including phenoxy) is 1. The van der Waals surface area contributed by atoms with Crippen LogP contribution in [0.25, 0.3) is 11.1 Å². The number of hydrogen-bond donors (Lipinski definition) is 2. The molecule has 0 fully saturated rings. The number of aliphatic hydroxyl groups excluding tert-OH is 1. The minimum absolute atomic E-state index is 0.0976. The smallest absolute Gasteiger partial charge is 0.126 e. The van der Waals surface area contributed by atoms with Crippen LogP contribution in [-0.2, 0) is 13.0 Å². The van der Waals surface area contributed by atoms with Gasteiger partial charge >= 0.3 is 0 Å². The van der Waals surface area contributed by atoms with Crippen LogP contribution in [0.5, 0.6) is 5.75 Å². The number of rotatable bonds is 8. The predicted octanol–water partition coefficient (Wildman–Crippen LogP) is 4.75. The van der Waals surface area contributed by atoms with Crippen LogP contribution in [0.2, 0.25) is 0 Å². The monoisotopic (exact) mass is 361 g/mol. The Morgan fingerprint density at radius 2 is 1.56 bits per heavy atom. The predicted molar refractivity (Wildman–Crippen MR) is 111 cm³/mol. The molecule has 0 heterocycles. The van der Waals surface area contributed by atoms with E-state index in [0.29, 0.717) is 0 Å². The standard InChI is InChI=1S/C24H27NO2/c1-18(25-16-15-19-7-9-20(17-26)10-8-19)21-11-13-22(14-12-21)23-5-3-4-6-24(23)27-2/h3-14,18,25-26H,15-17H2,1-2H3. The molecule has 0 aliphatic carbocycles. The Kier molecular flexibility index (Phi) is 6.64. The molecule has 0 aliphatic heterocycles. The van der Waals surface area contributed by atoms with E-state index in [9.17, 15) is 0 Å². The molecule has 27 heavy (non-hydrogen) atoms. The minimum atomic E-state index is 0.0976. The summed E-state index contributed by atoms with van der Waals surface area (Å²) in [7, 11) is 1.70. The highest BCUT2D eigenvalue weighted by molar-refractivity contribution is 5.70. The summed E-state index contributed by atoms with van der Waals surface area (Å²) >= 11 is 0. The van der Waals surface area contributed by atoms with Gasteiger partial charge in [0, 0.05) is 11.6 Å². The van der Waals surface area contributed by atoms with Gasteiger partial charge in [-0.25, -0.2) is 0 Å². The molecular formula is C24H27NO2. The molecule has 0 amide bonds. The van der Waals surface area contributed by atoms with Gasteiger partial charge < -0.3 is 15.2 Å². The normalized spacial score (nSPS) is 12.0. The molecule has 3 aromatic rings. The van der Waals surface area contributed by atoms with Crippen molar-refractivity contribution in [2.24, 2.45) is 0 Å². The van der Waals surface area contributed by atoms with Crippen LogP contribution in [0.15, 0.2) is 72.8 Å². The van der Waals surface area contributed by atoms with Crippen molar-refractivity contribution in [2.75, 3.05) is 13.7 Å². The van der Waals surface area contributed by atoms with Gasteiger partial charge in [-0.15, -0.1) is 0 Å². The molecule has 3 rings (SSSR count). The van der Waals surface area contributed by atoms with E-state index in [4.69, 9.17) is 9.84 Å². The molecule has 0 radical (unpaired) electrons. The van der Waals surface area contributed by atoms with Gasteiger partial charge in [-0.3, -0.25) is 0 Å². The molecule has 3 aromatic carbocycles. The van der Waals surface area contributed by atoms with Gasteiger partial charge in [-0.2, -0.15) is 0 Å². The Balaban J connectivity index is 1.57. The van der Waals surface area contributed by atoms with E-state index in [1.165, 1.54) is 11.1 Å². The fourth-order valence-corrected chi connectivity index (χ4v) is 3.20. The molecule has 2 N–H and O–H groups in total. The average molecular weight is 361 g/mol. The van der Waals surface area contributed by atoms with E-state index in [-0.39, 0.29) is 12.6 Å². The van der Waals surface area contributed by atoms with Gasteiger partial charge in [0.05, 0.1) is 13.7 Å². The molecule has 0 aliphatic rings. The van der Waals surface area contributed by atoms with Crippen LogP contribution in [0.3, 0.4) is 0 Å².